The number of hydrogen-bond donors (Lipinski definition) is 0. The van der Waals surface area contributed by atoms with Crippen molar-refractivity contribution < 1.29 is 4.42 Å². The number of hydrogen-bond acceptors (Lipinski definition) is 3. The standard InChI is InChI=1S/C19H32OS2/c1-2-3-4-5-6-7-8-9-10-14-19(18-13-11-15-20-18)21-16-12-17-22-19/h11,13,15H,2-10,12,14,16-17H2,1H3. The molecule has 126 valence electrons. The van der Waals surface area contributed by atoms with Gasteiger partial charge in [0.15, 0.2) is 0 Å². The molecule has 1 fully saturated rings. The minimum absolute atomic E-state index is 0.211. The van der Waals surface area contributed by atoms with Gasteiger partial charge in [-0.05, 0) is 36.5 Å². The second-order valence-corrected chi connectivity index (χ2v) is 9.41. The van der Waals surface area contributed by atoms with Crippen LogP contribution in [0.5, 0.6) is 0 Å². The first-order valence-electron chi connectivity index (χ1n) is 9.19. The van der Waals surface area contributed by atoms with Crippen molar-refractivity contribution in [1.82, 2.24) is 0 Å². The average molecular weight is 341 g/mol. The summed E-state index contributed by atoms with van der Waals surface area (Å²) < 4.78 is 5.98. The molecule has 0 N–H and O–H groups in total. The van der Waals surface area contributed by atoms with E-state index in [1.807, 2.05) is 12.3 Å². The third kappa shape index (κ3) is 5.88. The van der Waals surface area contributed by atoms with Gasteiger partial charge in [-0.3, -0.25) is 0 Å². The van der Waals surface area contributed by atoms with Gasteiger partial charge in [0.2, 0.25) is 0 Å². The predicted octanol–water partition coefficient (Wildman–Crippen LogP) is 7.22. The number of thioether (sulfide) groups is 2. The normalized spacial score (nSPS) is 17.7. The Bertz CT molecular complexity index is 369. The first-order valence-corrected chi connectivity index (χ1v) is 11.2. The fraction of sp³-hybridized carbons (Fsp3) is 0.789. The molecular weight excluding hydrogens is 308 g/mol. The maximum absolute atomic E-state index is 5.77. The summed E-state index contributed by atoms with van der Waals surface area (Å²) in [6.07, 6.45) is 17.1. The zero-order valence-electron chi connectivity index (χ0n) is 14.1. The van der Waals surface area contributed by atoms with E-state index in [1.165, 1.54) is 87.9 Å². The van der Waals surface area contributed by atoms with E-state index in [4.69, 9.17) is 4.42 Å². The van der Waals surface area contributed by atoms with Crippen molar-refractivity contribution in [3.05, 3.63) is 24.2 Å². The summed E-state index contributed by atoms with van der Waals surface area (Å²) in [6, 6.07) is 4.22. The molecule has 1 aliphatic heterocycles. The molecule has 0 atom stereocenters. The summed E-state index contributed by atoms with van der Waals surface area (Å²) in [7, 11) is 0. The number of furan rings is 1. The first-order chi connectivity index (χ1) is 10.9. The summed E-state index contributed by atoms with van der Waals surface area (Å²) in [4.78, 5) is 0. The van der Waals surface area contributed by atoms with Gasteiger partial charge in [-0.1, -0.05) is 64.7 Å². The van der Waals surface area contributed by atoms with Crippen LogP contribution in [0.4, 0.5) is 0 Å². The molecule has 0 unspecified atom stereocenters. The van der Waals surface area contributed by atoms with Gasteiger partial charge in [0.05, 0.1) is 6.26 Å². The van der Waals surface area contributed by atoms with E-state index < -0.39 is 0 Å². The van der Waals surface area contributed by atoms with E-state index in [9.17, 15) is 0 Å². The van der Waals surface area contributed by atoms with Crippen molar-refractivity contribution in [2.24, 2.45) is 0 Å². The minimum atomic E-state index is 0.211. The van der Waals surface area contributed by atoms with Crippen LogP contribution in [0.1, 0.15) is 83.3 Å². The highest BCUT2D eigenvalue weighted by Crippen LogP contribution is 2.53. The molecule has 1 aromatic rings. The Morgan fingerprint density at radius 2 is 1.59 bits per heavy atom. The van der Waals surface area contributed by atoms with Gasteiger partial charge in [-0.15, -0.1) is 23.5 Å². The Hall–Kier alpha value is -0.0200. The van der Waals surface area contributed by atoms with E-state index >= 15 is 0 Å². The van der Waals surface area contributed by atoms with E-state index in [1.54, 1.807) is 0 Å². The van der Waals surface area contributed by atoms with Gasteiger partial charge in [0, 0.05) is 0 Å². The Kier molecular flexibility index (Phi) is 8.91. The van der Waals surface area contributed by atoms with Crippen molar-refractivity contribution in [1.29, 1.82) is 0 Å². The van der Waals surface area contributed by atoms with Crippen LogP contribution in [0.25, 0.3) is 0 Å². The van der Waals surface area contributed by atoms with Crippen LogP contribution >= 0.6 is 23.5 Å². The van der Waals surface area contributed by atoms with Crippen LogP contribution in [0.3, 0.4) is 0 Å². The van der Waals surface area contributed by atoms with Crippen molar-refractivity contribution in [2.45, 2.75) is 81.6 Å². The van der Waals surface area contributed by atoms with Gasteiger partial charge in [-0.2, -0.15) is 0 Å². The molecule has 22 heavy (non-hydrogen) atoms. The molecule has 2 rings (SSSR count). The van der Waals surface area contributed by atoms with Gasteiger partial charge in [0.25, 0.3) is 0 Å². The van der Waals surface area contributed by atoms with Crippen LogP contribution in [-0.2, 0) is 4.08 Å². The Morgan fingerprint density at radius 3 is 2.18 bits per heavy atom. The van der Waals surface area contributed by atoms with E-state index in [2.05, 4.69) is 36.5 Å². The van der Waals surface area contributed by atoms with Crippen LogP contribution in [-0.4, -0.2) is 11.5 Å². The number of rotatable bonds is 11. The van der Waals surface area contributed by atoms with Crippen LogP contribution in [0.2, 0.25) is 0 Å². The lowest BCUT2D eigenvalue weighted by molar-refractivity contribution is 0.468. The third-order valence-corrected chi connectivity index (χ3v) is 7.90. The molecule has 0 amide bonds. The second-order valence-electron chi connectivity index (χ2n) is 6.36. The first kappa shape index (κ1) is 18.3. The summed E-state index contributed by atoms with van der Waals surface area (Å²) in [5.41, 5.74) is 0. The van der Waals surface area contributed by atoms with Crippen molar-refractivity contribution in [3.63, 3.8) is 0 Å². The van der Waals surface area contributed by atoms with Gasteiger partial charge < -0.3 is 4.42 Å². The molecule has 1 saturated heterocycles. The maximum Gasteiger partial charge on any atom is 0.129 e. The molecule has 0 spiro atoms. The van der Waals surface area contributed by atoms with Crippen molar-refractivity contribution >= 4 is 23.5 Å². The Morgan fingerprint density at radius 1 is 0.955 bits per heavy atom. The van der Waals surface area contributed by atoms with Gasteiger partial charge >= 0.3 is 0 Å². The maximum atomic E-state index is 5.77. The smallest absolute Gasteiger partial charge is 0.129 e. The third-order valence-electron chi connectivity index (χ3n) is 4.47. The topological polar surface area (TPSA) is 13.1 Å². The summed E-state index contributed by atoms with van der Waals surface area (Å²) >= 11 is 4.23. The van der Waals surface area contributed by atoms with Crippen LogP contribution in [0, 0.1) is 0 Å². The molecule has 2 heterocycles. The number of unbranched alkanes of at least 4 members (excludes halogenated alkanes) is 8. The quantitative estimate of drug-likeness (QED) is 0.395. The molecule has 0 aliphatic carbocycles. The molecule has 1 aromatic heterocycles. The lowest BCUT2D eigenvalue weighted by atomic mass is 10.1. The zero-order valence-corrected chi connectivity index (χ0v) is 15.8. The average Bonchev–Trinajstić information content (AvgIpc) is 3.09. The molecule has 0 saturated carbocycles. The van der Waals surface area contributed by atoms with E-state index in [-0.39, 0.29) is 4.08 Å². The highest BCUT2D eigenvalue weighted by atomic mass is 32.2. The lowest BCUT2D eigenvalue weighted by Crippen LogP contribution is -2.22. The summed E-state index contributed by atoms with van der Waals surface area (Å²) in [5, 5.41) is 0. The summed E-state index contributed by atoms with van der Waals surface area (Å²) in [6.45, 7) is 2.29. The fourth-order valence-electron chi connectivity index (χ4n) is 3.15. The predicted molar refractivity (Wildman–Crippen MR) is 102 cm³/mol. The largest absolute Gasteiger partial charge is 0.467 e. The molecular formula is C19H32OS2. The zero-order chi connectivity index (χ0) is 15.5. The van der Waals surface area contributed by atoms with Crippen LogP contribution < -0.4 is 0 Å². The Labute approximate surface area is 145 Å². The molecule has 0 aromatic carbocycles. The SMILES string of the molecule is CCCCCCCCCCCC1(c2ccco2)SCCCS1. The molecule has 1 aliphatic rings. The van der Waals surface area contributed by atoms with E-state index in [0.29, 0.717) is 0 Å². The van der Waals surface area contributed by atoms with Crippen molar-refractivity contribution in [3.8, 4) is 0 Å². The fourth-order valence-corrected chi connectivity index (χ4v) is 6.50. The van der Waals surface area contributed by atoms with Crippen molar-refractivity contribution in [2.75, 3.05) is 11.5 Å². The second kappa shape index (κ2) is 10.7. The molecule has 0 radical (unpaired) electrons. The Balaban J connectivity index is 1.63. The molecule has 0 bridgehead atoms. The van der Waals surface area contributed by atoms with Crippen LogP contribution in [0.15, 0.2) is 22.8 Å². The minimum Gasteiger partial charge on any atom is -0.467 e. The molecule has 1 nitrogen and oxygen atoms in total. The monoisotopic (exact) mass is 340 g/mol. The van der Waals surface area contributed by atoms with Gasteiger partial charge in [0.1, 0.15) is 9.84 Å². The summed E-state index contributed by atoms with van der Waals surface area (Å²) in [5.74, 6) is 3.76. The highest BCUT2D eigenvalue weighted by Gasteiger charge is 2.37. The van der Waals surface area contributed by atoms with Gasteiger partial charge in [-0.25, -0.2) is 0 Å². The molecule has 3 heteroatoms. The lowest BCUT2D eigenvalue weighted by Gasteiger charge is -2.34. The van der Waals surface area contributed by atoms with E-state index in [0.717, 1.165) is 0 Å². The highest BCUT2D eigenvalue weighted by molar-refractivity contribution is 8.18.